The summed E-state index contributed by atoms with van der Waals surface area (Å²) >= 11 is 0. The van der Waals surface area contributed by atoms with E-state index in [1.165, 1.54) is 4.90 Å². The molecule has 0 bridgehead atoms. The molecular formula is C19H23N5O3. The lowest BCUT2D eigenvalue weighted by atomic mass is 9.80. The molecule has 2 atom stereocenters. The van der Waals surface area contributed by atoms with E-state index in [2.05, 4.69) is 10.5 Å². The number of hydrazone groups is 1. The Morgan fingerprint density at radius 3 is 2.67 bits per heavy atom. The molecule has 1 fully saturated rings. The Balaban J connectivity index is 2.08. The number of carbonyl (C=O) groups is 1. The second-order valence-electron chi connectivity index (χ2n) is 7.45. The molecule has 27 heavy (non-hydrogen) atoms. The maximum absolute atomic E-state index is 11.5. The molecule has 0 spiro atoms. The van der Waals surface area contributed by atoms with Gasteiger partial charge in [0, 0.05) is 31.5 Å². The van der Waals surface area contributed by atoms with Gasteiger partial charge < -0.3 is 14.7 Å². The normalized spacial score (nSPS) is 19.4. The van der Waals surface area contributed by atoms with Crippen molar-refractivity contribution in [2.75, 3.05) is 12.0 Å². The minimum atomic E-state index is -0.900. The maximum Gasteiger partial charge on any atom is 0.407 e. The van der Waals surface area contributed by atoms with Crippen molar-refractivity contribution >= 4 is 17.5 Å². The highest BCUT2D eigenvalue weighted by atomic mass is 16.5. The zero-order chi connectivity index (χ0) is 20.0. The highest BCUT2D eigenvalue weighted by Crippen LogP contribution is 2.34. The maximum atomic E-state index is 11.5. The van der Waals surface area contributed by atoms with Gasteiger partial charge in [0.05, 0.1) is 5.69 Å². The van der Waals surface area contributed by atoms with Gasteiger partial charge >= 0.3 is 6.09 Å². The second kappa shape index (κ2) is 8.41. The monoisotopic (exact) mass is 369 g/mol. The van der Waals surface area contributed by atoms with Crippen molar-refractivity contribution in [2.45, 2.75) is 45.8 Å². The highest BCUT2D eigenvalue weighted by Gasteiger charge is 2.39. The van der Waals surface area contributed by atoms with Crippen LogP contribution in [0, 0.1) is 28.1 Å². The van der Waals surface area contributed by atoms with Crippen molar-refractivity contribution in [3.63, 3.8) is 0 Å². The van der Waals surface area contributed by atoms with Crippen LogP contribution in [0.15, 0.2) is 29.4 Å². The molecule has 1 saturated heterocycles. The van der Waals surface area contributed by atoms with E-state index in [4.69, 9.17) is 15.3 Å². The van der Waals surface area contributed by atoms with E-state index in [0.29, 0.717) is 30.8 Å². The lowest BCUT2D eigenvalue weighted by Crippen LogP contribution is -2.53. The highest BCUT2D eigenvalue weighted by molar-refractivity contribution is 6.10. The molecule has 2 unspecified atom stereocenters. The molecule has 2 rings (SSSR count). The number of anilines is 1. The van der Waals surface area contributed by atoms with Crippen LogP contribution in [0.4, 0.5) is 10.5 Å². The Kier molecular flexibility index (Phi) is 6.25. The van der Waals surface area contributed by atoms with Gasteiger partial charge in [-0.3, -0.25) is 5.43 Å². The van der Waals surface area contributed by atoms with Gasteiger partial charge in [0.1, 0.15) is 24.0 Å². The fourth-order valence-electron chi connectivity index (χ4n) is 3.12. The molecule has 0 aliphatic carbocycles. The number of hydrogen-bond acceptors (Lipinski definition) is 6. The Morgan fingerprint density at radius 1 is 1.37 bits per heavy atom. The number of ether oxygens (including phenoxy) is 1. The number of nitrogens with zero attached hydrogens (tertiary/aromatic N) is 4. The third-order valence-corrected chi connectivity index (χ3v) is 4.45. The summed E-state index contributed by atoms with van der Waals surface area (Å²) < 4.78 is 6.07. The van der Waals surface area contributed by atoms with E-state index in [1.807, 2.05) is 20.8 Å². The number of nitriles is 2. The molecule has 1 amide bonds. The van der Waals surface area contributed by atoms with Gasteiger partial charge in [-0.05, 0) is 17.5 Å². The molecule has 0 aromatic heterocycles. The number of benzene rings is 1. The molecule has 142 valence electrons. The number of amides is 1. The van der Waals surface area contributed by atoms with Gasteiger partial charge in [0.15, 0.2) is 0 Å². The third-order valence-electron chi connectivity index (χ3n) is 4.45. The van der Waals surface area contributed by atoms with Gasteiger partial charge in [-0.2, -0.15) is 15.6 Å². The SMILES string of the molecule is CC(C)(C)C1CC(Oc2cccc(NN=C(C#N)C#N)c2)CCN1C(=O)O. The fraction of sp³-hybridized carbons (Fsp3) is 0.474. The Bertz CT molecular complexity index is 785. The van der Waals surface area contributed by atoms with Gasteiger partial charge in [-0.15, -0.1) is 0 Å². The van der Waals surface area contributed by atoms with Crippen LogP contribution in [-0.4, -0.2) is 40.5 Å². The molecule has 8 heteroatoms. The van der Waals surface area contributed by atoms with Crippen LogP contribution >= 0.6 is 0 Å². The molecule has 1 aromatic carbocycles. The fourth-order valence-corrected chi connectivity index (χ4v) is 3.12. The van der Waals surface area contributed by atoms with Gasteiger partial charge in [-0.1, -0.05) is 26.8 Å². The number of nitrogens with one attached hydrogen (secondary N) is 1. The minimum absolute atomic E-state index is 0.0997. The van der Waals surface area contributed by atoms with Crippen LogP contribution in [-0.2, 0) is 0 Å². The van der Waals surface area contributed by atoms with Crippen LogP contribution in [0.25, 0.3) is 0 Å². The van der Waals surface area contributed by atoms with E-state index < -0.39 is 6.09 Å². The first-order chi connectivity index (χ1) is 12.7. The summed E-state index contributed by atoms with van der Waals surface area (Å²) in [6.45, 7) is 6.51. The summed E-state index contributed by atoms with van der Waals surface area (Å²) in [5.41, 5.74) is 2.79. The summed E-state index contributed by atoms with van der Waals surface area (Å²) in [6, 6.07) is 10.3. The van der Waals surface area contributed by atoms with E-state index in [-0.39, 0.29) is 23.3 Å². The quantitative estimate of drug-likeness (QED) is 0.619. The summed E-state index contributed by atoms with van der Waals surface area (Å²) in [7, 11) is 0. The lowest BCUT2D eigenvalue weighted by molar-refractivity contribution is 0.0130. The Morgan fingerprint density at radius 2 is 2.07 bits per heavy atom. The van der Waals surface area contributed by atoms with Crippen molar-refractivity contribution in [3.8, 4) is 17.9 Å². The number of carboxylic acid groups (broad SMARTS) is 1. The molecule has 1 aliphatic heterocycles. The number of rotatable bonds is 4. The first kappa shape index (κ1) is 20.1. The zero-order valence-electron chi connectivity index (χ0n) is 15.6. The molecular weight excluding hydrogens is 346 g/mol. The van der Waals surface area contributed by atoms with Gasteiger partial charge in [0.25, 0.3) is 0 Å². The summed E-state index contributed by atoms with van der Waals surface area (Å²) in [5.74, 6) is 0.618. The van der Waals surface area contributed by atoms with E-state index in [9.17, 15) is 9.90 Å². The summed E-state index contributed by atoms with van der Waals surface area (Å²) in [4.78, 5) is 13.0. The molecule has 1 heterocycles. The Hall–Kier alpha value is -3.26. The molecule has 0 saturated carbocycles. The van der Waals surface area contributed by atoms with Crippen LogP contribution in [0.1, 0.15) is 33.6 Å². The van der Waals surface area contributed by atoms with E-state index >= 15 is 0 Å². The van der Waals surface area contributed by atoms with Crippen molar-refractivity contribution in [1.82, 2.24) is 4.90 Å². The third kappa shape index (κ3) is 5.35. The molecule has 1 aliphatic rings. The van der Waals surface area contributed by atoms with E-state index in [0.717, 1.165) is 0 Å². The van der Waals surface area contributed by atoms with Gasteiger partial charge in [-0.25, -0.2) is 4.79 Å². The smallest absolute Gasteiger partial charge is 0.407 e. The van der Waals surface area contributed by atoms with Crippen LogP contribution in [0.5, 0.6) is 5.75 Å². The predicted molar refractivity (Wildman–Crippen MR) is 100 cm³/mol. The average molecular weight is 369 g/mol. The van der Waals surface area contributed by atoms with Crippen molar-refractivity contribution in [3.05, 3.63) is 24.3 Å². The first-order valence-corrected chi connectivity index (χ1v) is 8.64. The second-order valence-corrected chi connectivity index (χ2v) is 7.45. The van der Waals surface area contributed by atoms with Crippen molar-refractivity contribution in [1.29, 1.82) is 10.5 Å². The van der Waals surface area contributed by atoms with E-state index in [1.54, 1.807) is 36.4 Å². The van der Waals surface area contributed by atoms with Crippen molar-refractivity contribution < 1.29 is 14.6 Å². The number of likely N-dealkylation sites (tertiary alicyclic amines) is 1. The number of piperidine rings is 1. The van der Waals surface area contributed by atoms with Crippen LogP contribution in [0.3, 0.4) is 0 Å². The standard InChI is InChI=1S/C19H23N5O3/c1-19(2,3)17-10-16(7-8-24(17)18(25)26)27-15-6-4-5-13(9-15)22-23-14(11-20)12-21/h4-6,9,16-17,22H,7-8,10H2,1-3H3,(H,25,26). The number of hydrogen-bond donors (Lipinski definition) is 2. The van der Waals surface area contributed by atoms with Crippen LogP contribution in [0.2, 0.25) is 0 Å². The topological polar surface area (TPSA) is 122 Å². The Labute approximate surface area is 158 Å². The van der Waals surface area contributed by atoms with Gasteiger partial charge in [0.2, 0.25) is 5.71 Å². The first-order valence-electron chi connectivity index (χ1n) is 8.64. The molecule has 0 radical (unpaired) electrons. The van der Waals surface area contributed by atoms with Crippen molar-refractivity contribution in [2.24, 2.45) is 10.5 Å². The molecule has 8 nitrogen and oxygen atoms in total. The van der Waals surface area contributed by atoms with Crippen LogP contribution < -0.4 is 10.2 Å². The minimum Gasteiger partial charge on any atom is -0.490 e. The molecule has 2 N–H and O–H groups in total. The molecule has 1 aromatic rings. The summed E-state index contributed by atoms with van der Waals surface area (Å²) in [6.07, 6.45) is 0.223. The zero-order valence-corrected chi connectivity index (χ0v) is 15.6. The predicted octanol–water partition coefficient (Wildman–Crippen LogP) is 3.44. The average Bonchev–Trinajstić information content (AvgIpc) is 2.62. The largest absolute Gasteiger partial charge is 0.490 e. The summed E-state index contributed by atoms with van der Waals surface area (Å²) in [5, 5.41) is 30.6. The lowest BCUT2D eigenvalue weighted by Gasteiger charge is -2.44.